The molecule has 144 valence electrons. The maximum Gasteiger partial charge on any atom is 0.224 e. The molecule has 2 aromatic rings. The lowest BCUT2D eigenvalue weighted by Crippen LogP contribution is -2.33. The lowest BCUT2D eigenvalue weighted by Gasteiger charge is -2.17. The molecule has 1 amide bonds. The number of carbonyl (C=O) groups excluding carboxylic acids is 1. The second-order valence-electron chi connectivity index (χ2n) is 6.21. The van der Waals surface area contributed by atoms with Crippen LogP contribution in [-0.2, 0) is 11.2 Å². The van der Waals surface area contributed by atoms with Gasteiger partial charge in [0.2, 0.25) is 5.91 Å². The summed E-state index contributed by atoms with van der Waals surface area (Å²) in [7, 11) is 1.54. The van der Waals surface area contributed by atoms with Crippen molar-refractivity contribution in [3.63, 3.8) is 0 Å². The highest BCUT2D eigenvalue weighted by molar-refractivity contribution is 6.30. The van der Waals surface area contributed by atoms with Gasteiger partial charge in [-0.25, -0.2) is 0 Å². The van der Waals surface area contributed by atoms with Gasteiger partial charge in [-0.2, -0.15) is 5.26 Å². The average Bonchev–Trinajstić information content (AvgIpc) is 2.71. The Morgan fingerprint density at radius 2 is 1.96 bits per heavy atom. The molecule has 0 radical (unpaired) electrons. The topological polar surface area (TPSA) is 71.3 Å². The molecule has 2 rings (SSSR count). The Balaban J connectivity index is 2.04. The zero-order valence-corrected chi connectivity index (χ0v) is 16.5. The van der Waals surface area contributed by atoms with Crippen molar-refractivity contribution in [2.24, 2.45) is 5.92 Å². The number of nitrogens with one attached hydrogen (secondary N) is 1. The maximum absolute atomic E-state index is 12.6. The number of nitriles is 1. The number of amides is 1. The van der Waals surface area contributed by atoms with E-state index in [0.717, 1.165) is 5.56 Å². The van der Waals surface area contributed by atoms with Crippen molar-refractivity contribution in [2.75, 3.05) is 13.7 Å². The molecule has 28 heavy (non-hydrogen) atoms. The Morgan fingerprint density at radius 1 is 1.25 bits per heavy atom. The summed E-state index contributed by atoms with van der Waals surface area (Å²) >= 11 is 5.87. The van der Waals surface area contributed by atoms with E-state index in [0.29, 0.717) is 28.5 Å². The first kappa shape index (κ1) is 21.2. The third-order valence-corrected chi connectivity index (χ3v) is 4.40. The summed E-state index contributed by atoms with van der Waals surface area (Å²) in [5.74, 6) is 2.95. The number of ether oxygens (including phenoxy) is 2. The van der Waals surface area contributed by atoms with E-state index in [-0.39, 0.29) is 18.4 Å². The van der Waals surface area contributed by atoms with Crippen LogP contribution in [-0.4, -0.2) is 19.6 Å². The van der Waals surface area contributed by atoms with Crippen LogP contribution in [0.25, 0.3) is 0 Å². The number of terminal acetylenes is 1. The van der Waals surface area contributed by atoms with E-state index in [1.54, 1.807) is 44.4 Å². The number of hydrogen-bond donors (Lipinski definition) is 1. The Morgan fingerprint density at radius 3 is 2.57 bits per heavy atom. The number of methoxy groups -OCH3 is 1. The fourth-order valence-corrected chi connectivity index (χ4v) is 2.78. The van der Waals surface area contributed by atoms with Gasteiger partial charge in [0.05, 0.1) is 13.2 Å². The molecule has 0 spiro atoms. The van der Waals surface area contributed by atoms with E-state index in [4.69, 9.17) is 27.5 Å². The molecule has 2 unspecified atom stereocenters. The van der Waals surface area contributed by atoms with E-state index in [1.165, 1.54) is 0 Å². The van der Waals surface area contributed by atoms with E-state index in [2.05, 4.69) is 17.3 Å². The first-order valence-corrected chi connectivity index (χ1v) is 9.05. The molecule has 0 bridgehead atoms. The number of hydrogen-bond acceptors (Lipinski definition) is 4. The molecule has 0 aliphatic heterocycles. The SMILES string of the molecule is C#CCOc1ccc(CC(C)C(=O)NC(C#N)c2ccc(Cl)cc2)cc1OC. The molecule has 0 aromatic heterocycles. The molecule has 2 aromatic carbocycles. The second-order valence-corrected chi connectivity index (χ2v) is 6.64. The fraction of sp³-hybridized carbons (Fsp3) is 0.273. The minimum absolute atomic E-state index is 0.148. The van der Waals surface area contributed by atoms with Crippen LogP contribution in [0.2, 0.25) is 5.02 Å². The van der Waals surface area contributed by atoms with Gasteiger partial charge in [0.25, 0.3) is 0 Å². The zero-order chi connectivity index (χ0) is 20.5. The van der Waals surface area contributed by atoms with E-state index >= 15 is 0 Å². The highest BCUT2D eigenvalue weighted by atomic mass is 35.5. The Bertz CT molecular complexity index is 897. The summed E-state index contributed by atoms with van der Waals surface area (Å²) in [6, 6.07) is 13.6. The molecule has 6 heteroatoms. The molecular weight excluding hydrogens is 376 g/mol. The van der Waals surface area contributed by atoms with Crippen molar-refractivity contribution in [2.45, 2.75) is 19.4 Å². The summed E-state index contributed by atoms with van der Waals surface area (Å²) in [6.07, 6.45) is 5.69. The minimum atomic E-state index is -0.735. The van der Waals surface area contributed by atoms with Crippen LogP contribution in [0.15, 0.2) is 42.5 Å². The van der Waals surface area contributed by atoms with Crippen molar-refractivity contribution in [3.8, 4) is 29.9 Å². The van der Waals surface area contributed by atoms with Crippen LogP contribution in [0.3, 0.4) is 0 Å². The molecule has 0 aliphatic carbocycles. The van der Waals surface area contributed by atoms with E-state index < -0.39 is 6.04 Å². The van der Waals surface area contributed by atoms with Crippen LogP contribution in [0.5, 0.6) is 11.5 Å². The summed E-state index contributed by atoms with van der Waals surface area (Å²) in [6.45, 7) is 1.95. The lowest BCUT2D eigenvalue weighted by molar-refractivity contribution is -0.124. The molecule has 5 nitrogen and oxygen atoms in total. The van der Waals surface area contributed by atoms with Crippen molar-refractivity contribution in [1.29, 1.82) is 5.26 Å². The summed E-state index contributed by atoms with van der Waals surface area (Å²) < 4.78 is 10.7. The van der Waals surface area contributed by atoms with Gasteiger partial charge in [0.1, 0.15) is 12.6 Å². The van der Waals surface area contributed by atoms with Gasteiger partial charge in [0.15, 0.2) is 11.5 Å². The molecule has 0 saturated heterocycles. The van der Waals surface area contributed by atoms with Crippen molar-refractivity contribution in [3.05, 3.63) is 58.6 Å². The largest absolute Gasteiger partial charge is 0.493 e. The molecular formula is C22H21ClN2O3. The number of halogens is 1. The number of nitrogens with zero attached hydrogens (tertiary/aromatic N) is 1. The van der Waals surface area contributed by atoms with Gasteiger partial charge in [-0.05, 0) is 41.8 Å². The van der Waals surface area contributed by atoms with Gasteiger partial charge in [-0.3, -0.25) is 4.79 Å². The molecule has 0 fully saturated rings. The quantitative estimate of drug-likeness (QED) is 0.686. The average molecular weight is 397 g/mol. The molecule has 0 aliphatic rings. The van der Waals surface area contributed by atoms with Gasteiger partial charge in [-0.1, -0.05) is 42.6 Å². The summed E-state index contributed by atoms with van der Waals surface area (Å²) in [4.78, 5) is 12.6. The third kappa shape index (κ3) is 5.67. The number of carbonyl (C=O) groups is 1. The van der Waals surface area contributed by atoms with E-state index in [9.17, 15) is 10.1 Å². The van der Waals surface area contributed by atoms with Crippen LogP contribution in [0.1, 0.15) is 24.1 Å². The van der Waals surface area contributed by atoms with Crippen LogP contribution in [0.4, 0.5) is 0 Å². The van der Waals surface area contributed by atoms with Crippen LogP contribution < -0.4 is 14.8 Å². The molecule has 0 heterocycles. The molecule has 1 N–H and O–H groups in total. The summed E-state index contributed by atoms with van der Waals surface area (Å²) in [5.41, 5.74) is 1.59. The monoisotopic (exact) mass is 396 g/mol. The zero-order valence-electron chi connectivity index (χ0n) is 15.7. The second kappa shape index (κ2) is 10.3. The van der Waals surface area contributed by atoms with Gasteiger partial charge in [-0.15, -0.1) is 6.42 Å². The Hall–Kier alpha value is -3.15. The van der Waals surface area contributed by atoms with Gasteiger partial charge < -0.3 is 14.8 Å². The first-order valence-electron chi connectivity index (χ1n) is 8.67. The highest BCUT2D eigenvalue weighted by Gasteiger charge is 2.20. The lowest BCUT2D eigenvalue weighted by atomic mass is 9.99. The van der Waals surface area contributed by atoms with Gasteiger partial charge in [0, 0.05) is 10.9 Å². The standard InChI is InChI=1S/C22H21ClN2O3/c1-4-11-28-20-10-5-16(13-21(20)27-3)12-15(2)22(26)25-19(14-24)17-6-8-18(23)9-7-17/h1,5-10,13,15,19H,11-12H2,2-3H3,(H,25,26). The van der Waals surface area contributed by atoms with Crippen molar-refractivity contribution in [1.82, 2.24) is 5.32 Å². The van der Waals surface area contributed by atoms with Crippen LogP contribution in [0, 0.1) is 29.6 Å². The van der Waals surface area contributed by atoms with E-state index in [1.807, 2.05) is 12.1 Å². The van der Waals surface area contributed by atoms with Crippen molar-refractivity contribution < 1.29 is 14.3 Å². The third-order valence-electron chi connectivity index (χ3n) is 4.15. The number of benzene rings is 2. The predicted molar refractivity (Wildman–Crippen MR) is 108 cm³/mol. The Kier molecular flexibility index (Phi) is 7.75. The highest BCUT2D eigenvalue weighted by Crippen LogP contribution is 2.29. The summed E-state index contributed by atoms with van der Waals surface area (Å²) in [5, 5.41) is 12.7. The first-order chi connectivity index (χ1) is 13.5. The molecule has 0 saturated carbocycles. The normalized spacial score (nSPS) is 12.2. The fourth-order valence-electron chi connectivity index (χ4n) is 2.65. The van der Waals surface area contributed by atoms with Gasteiger partial charge >= 0.3 is 0 Å². The van der Waals surface area contributed by atoms with Crippen LogP contribution >= 0.6 is 11.6 Å². The minimum Gasteiger partial charge on any atom is -0.493 e. The predicted octanol–water partition coefficient (Wildman–Crippen LogP) is 3.92. The number of rotatable bonds is 8. The Labute approximate surface area is 170 Å². The maximum atomic E-state index is 12.6. The van der Waals surface area contributed by atoms with Crippen molar-refractivity contribution >= 4 is 17.5 Å². The molecule has 2 atom stereocenters. The smallest absolute Gasteiger partial charge is 0.224 e.